The molecule has 3 N–H and O–H groups in total. The number of aliphatic hydroxyl groups is 3. The van der Waals surface area contributed by atoms with Crippen molar-refractivity contribution in [2.75, 3.05) is 6.61 Å². The maximum atomic E-state index is 14.2. The minimum absolute atomic E-state index is 0.0137. The summed E-state index contributed by atoms with van der Waals surface area (Å²) in [6.45, 7) is 7.13. The first-order valence-electron chi connectivity index (χ1n) is 11.7. The molecule has 7 nitrogen and oxygen atoms in total. The molecular formula is C25H29F3N2O5. The molecule has 2 saturated carbocycles. The molecule has 2 bridgehead atoms. The van der Waals surface area contributed by atoms with Gasteiger partial charge in [-0.15, -0.1) is 0 Å². The van der Waals surface area contributed by atoms with Gasteiger partial charge in [0, 0.05) is 18.3 Å². The molecule has 190 valence electrons. The molecule has 1 aromatic rings. The van der Waals surface area contributed by atoms with E-state index in [9.17, 15) is 33.3 Å². The molecule has 1 spiro atoms. The number of aromatic nitrogens is 2. The van der Waals surface area contributed by atoms with E-state index in [1.165, 1.54) is 0 Å². The molecule has 4 aliphatic carbocycles. The highest BCUT2D eigenvalue weighted by Crippen LogP contribution is 2.71. The summed E-state index contributed by atoms with van der Waals surface area (Å²) in [6, 6.07) is -0.429. The third kappa shape index (κ3) is 3.05. The molecule has 0 amide bonds. The molecule has 0 aromatic carbocycles. The van der Waals surface area contributed by atoms with Crippen molar-refractivity contribution in [3.05, 3.63) is 41.3 Å². The van der Waals surface area contributed by atoms with E-state index in [0.717, 1.165) is 0 Å². The van der Waals surface area contributed by atoms with Crippen LogP contribution < -0.4 is 4.74 Å². The number of ketones is 1. The molecule has 2 fully saturated rings. The van der Waals surface area contributed by atoms with Gasteiger partial charge in [0.2, 0.25) is 0 Å². The van der Waals surface area contributed by atoms with Gasteiger partial charge in [-0.25, -0.2) is 9.97 Å². The lowest BCUT2D eigenvalue weighted by Crippen LogP contribution is -2.66. The second-order valence-electron chi connectivity index (χ2n) is 11.1. The van der Waals surface area contributed by atoms with Gasteiger partial charge in [0.15, 0.2) is 17.5 Å². The molecule has 5 rings (SSSR count). The molecule has 1 heterocycles. The zero-order valence-electron chi connectivity index (χ0n) is 19.9. The van der Waals surface area contributed by atoms with Gasteiger partial charge in [-0.1, -0.05) is 32.9 Å². The van der Waals surface area contributed by atoms with Crippen LogP contribution in [0.4, 0.5) is 13.2 Å². The Morgan fingerprint density at radius 2 is 1.86 bits per heavy atom. The van der Waals surface area contributed by atoms with E-state index in [0.29, 0.717) is 24.4 Å². The summed E-state index contributed by atoms with van der Waals surface area (Å²) in [6.07, 6.45) is -2.57. The van der Waals surface area contributed by atoms with E-state index in [1.54, 1.807) is 19.1 Å². The van der Waals surface area contributed by atoms with E-state index in [2.05, 4.69) is 23.8 Å². The molecule has 1 unspecified atom stereocenters. The van der Waals surface area contributed by atoms with Crippen LogP contribution in [0.1, 0.15) is 39.7 Å². The van der Waals surface area contributed by atoms with Crippen LogP contribution in [0, 0.1) is 34.5 Å². The smallest absolute Gasteiger partial charge is 0.419 e. The van der Waals surface area contributed by atoms with E-state index < -0.39 is 53.5 Å². The van der Waals surface area contributed by atoms with E-state index in [1.807, 2.05) is 6.92 Å². The van der Waals surface area contributed by atoms with Gasteiger partial charge in [-0.2, -0.15) is 13.2 Å². The number of fused-ring (bicyclic) bond motifs is 3. The average Bonchev–Trinajstić information content (AvgIpc) is 3.27. The predicted octanol–water partition coefficient (Wildman–Crippen LogP) is 2.71. The number of aliphatic hydroxyl groups excluding tert-OH is 2. The number of rotatable bonds is 3. The van der Waals surface area contributed by atoms with Crippen molar-refractivity contribution >= 4 is 5.78 Å². The second-order valence-corrected chi connectivity index (χ2v) is 11.1. The van der Waals surface area contributed by atoms with Gasteiger partial charge in [-0.05, 0) is 47.7 Å². The largest absolute Gasteiger partial charge is 0.452 e. The van der Waals surface area contributed by atoms with Crippen molar-refractivity contribution in [3.63, 3.8) is 0 Å². The predicted molar refractivity (Wildman–Crippen MR) is 117 cm³/mol. The summed E-state index contributed by atoms with van der Waals surface area (Å²) in [4.78, 5) is 21.5. The number of carbonyl (C=O) groups excluding carboxylic acids is 1. The maximum Gasteiger partial charge on any atom is 0.419 e. The van der Waals surface area contributed by atoms with Crippen molar-refractivity contribution in [1.82, 2.24) is 9.97 Å². The first-order valence-corrected chi connectivity index (χ1v) is 11.7. The van der Waals surface area contributed by atoms with E-state index >= 15 is 0 Å². The SMILES string of the molecule is CC1=CC23C(=O)[C@@H](C=C(CO)[C@@H](O)[C@]2(O)[C@H]1Oc1ncc(C(F)(F)F)cn1)[C@H]1[C@@H](C[C@H]3C)C1(C)C. The summed E-state index contributed by atoms with van der Waals surface area (Å²) in [5.74, 6) is -0.978. The topological polar surface area (TPSA) is 113 Å². The highest BCUT2D eigenvalue weighted by Gasteiger charge is 2.76. The summed E-state index contributed by atoms with van der Waals surface area (Å²) in [5.41, 5.74) is -4.34. The number of ether oxygens (including phenoxy) is 1. The van der Waals surface area contributed by atoms with Crippen LogP contribution in [-0.4, -0.2) is 55.5 Å². The highest BCUT2D eigenvalue weighted by atomic mass is 19.4. The Hall–Kier alpha value is -2.30. The van der Waals surface area contributed by atoms with Gasteiger partial charge >= 0.3 is 12.2 Å². The fraction of sp³-hybridized carbons (Fsp3) is 0.640. The van der Waals surface area contributed by atoms with Gasteiger partial charge < -0.3 is 20.1 Å². The second kappa shape index (κ2) is 7.36. The van der Waals surface area contributed by atoms with Crippen LogP contribution in [0.2, 0.25) is 0 Å². The molecule has 35 heavy (non-hydrogen) atoms. The first kappa shape index (κ1) is 24.4. The van der Waals surface area contributed by atoms with Crippen molar-refractivity contribution in [3.8, 4) is 6.01 Å². The molecule has 0 radical (unpaired) electrons. The van der Waals surface area contributed by atoms with Crippen molar-refractivity contribution < 1.29 is 38.0 Å². The Labute approximate surface area is 200 Å². The number of Topliss-reactive ketones (excluding diaryl/α,β-unsaturated/α-hetero) is 1. The van der Waals surface area contributed by atoms with Gasteiger partial charge in [0.1, 0.15) is 6.10 Å². The number of alkyl halides is 3. The lowest BCUT2D eigenvalue weighted by Gasteiger charge is -2.48. The first-order chi connectivity index (χ1) is 16.2. The Morgan fingerprint density at radius 1 is 1.23 bits per heavy atom. The number of halogens is 3. The van der Waals surface area contributed by atoms with Crippen molar-refractivity contribution in [2.45, 2.75) is 58.1 Å². The summed E-state index contributed by atoms with van der Waals surface area (Å²) in [7, 11) is 0. The molecular weight excluding hydrogens is 465 g/mol. The standard InChI is InChI=1S/C25H29F3N2O5/c1-11-7-23-12(2)5-16-17(22(16,3)4)15(19(23)33)6-13(10-31)18(32)24(23,34)20(11)35-21-29-8-14(9-30-21)25(26,27)28/h6-9,12,15-18,20,31-32,34H,5,10H2,1-4H3/t12-,15+,16-,17+,18-,20+,23?,24+/m1/s1. The van der Waals surface area contributed by atoms with Gasteiger partial charge in [0.05, 0.1) is 17.6 Å². The summed E-state index contributed by atoms with van der Waals surface area (Å²) >= 11 is 0. The lowest BCUT2D eigenvalue weighted by molar-refractivity contribution is -0.186. The number of hydrogen-bond donors (Lipinski definition) is 3. The number of allylic oxidation sites excluding steroid dienone is 1. The Bertz CT molecular complexity index is 1130. The van der Waals surface area contributed by atoms with Crippen LogP contribution in [0.3, 0.4) is 0 Å². The Morgan fingerprint density at radius 3 is 2.43 bits per heavy atom. The normalized spacial score (nSPS) is 41.7. The third-order valence-corrected chi connectivity index (χ3v) is 9.08. The van der Waals surface area contributed by atoms with Crippen LogP contribution in [-0.2, 0) is 11.0 Å². The summed E-state index contributed by atoms with van der Waals surface area (Å²) in [5, 5.41) is 33.9. The molecule has 0 aliphatic heterocycles. The van der Waals surface area contributed by atoms with Crippen molar-refractivity contribution in [2.24, 2.45) is 34.5 Å². The number of carbonyl (C=O) groups is 1. The van der Waals surface area contributed by atoms with Crippen LogP contribution >= 0.6 is 0 Å². The Kier molecular flexibility index (Phi) is 5.13. The van der Waals surface area contributed by atoms with Crippen molar-refractivity contribution in [1.29, 1.82) is 0 Å². The lowest BCUT2D eigenvalue weighted by atomic mass is 9.59. The zero-order chi connectivity index (χ0) is 25.7. The van der Waals surface area contributed by atoms with E-state index in [-0.39, 0.29) is 34.5 Å². The Balaban J connectivity index is 1.61. The molecule has 4 aliphatic rings. The quantitative estimate of drug-likeness (QED) is 0.554. The zero-order valence-corrected chi connectivity index (χ0v) is 19.9. The van der Waals surface area contributed by atoms with Gasteiger partial charge in [-0.3, -0.25) is 4.79 Å². The molecule has 0 saturated heterocycles. The monoisotopic (exact) mass is 494 g/mol. The summed E-state index contributed by atoms with van der Waals surface area (Å²) < 4.78 is 44.6. The molecule has 1 aromatic heterocycles. The van der Waals surface area contributed by atoms with E-state index in [4.69, 9.17) is 4.74 Å². The fourth-order valence-corrected chi connectivity index (χ4v) is 7.22. The third-order valence-electron chi connectivity index (χ3n) is 9.08. The molecule has 8 atom stereocenters. The van der Waals surface area contributed by atoms with Crippen LogP contribution in [0.15, 0.2) is 35.7 Å². The minimum Gasteiger partial charge on any atom is -0.452 e. The van der Waals surface area contributed by atoms with Crippen LogP contribution in [0.25, 0.3) is 0 Å². The highest BCUT2D eigenvalue weighted by molar-refractivity contribution is 5.95. The molecule has 10 heteroatoms. The maximum absolute atomic E-state index is 14.2. The fourth-order valence-electron chi connectivity index (χ4n) is 7.22. The van der Waals surface area contributed by atoms with Crippen LogP contribution in [0.5, 0.6) is 6.01 Å². The number of nitrogens with zero attached hydrogens (tertiary/aromatic N) is 2. The van der Waals surface area contributed by atoms with Gasteiger partial charge in [0.25, 0.3) is 0 Å². The minimum atomic E-state index is -4.63. The average molecular weight is 495 g/mol. The number of hydrogen-bond acceptors (Lipinski definition) is 7.